The van der Waals surface area contributed by atoms with Gasteiger partial charge in [-0.15, -0.1) is 0 Å². The quantitative estimate of drug-likeness (QED) is 0.834. The monoisotopic (exact) mass is 213 g/mol. The number of nitrogens with zero attached hydrogens (tertiary/aromatic N) is 4. The molecule has 2 aromatic rings. The lowest BCUT2D eigenvalue weighted by Crippen LogP contribution is -2.07. The Balaban J connectivity index is 2.11. The van der Waals surface area contributed by atoms with Gasteiger partial charge in [0.15, 0.2) is 0 Å². The minimum Gasteiger partial charge on any atom is -0.377 e. The zero-order valence-electron chi connectivity index (χ0n) is 8.88. The van der Waals surface area contributed by atoms with Crippen molar-refractivity contribution in [1.82, 2.24) is 14.8 Å². The zero-order chi connectivity index (χ0) is 11.4. The van der Waals surface area contributed by atoms with Gasteiger partial charge < -0.3 is 5.32 Å². The number of aromatic nitrogens is 3. The molecule has 0 spiro atoms. The molecule has 0 atom stereocenters. The standard InChI is InChI=1S/C11H11N5/c1-16-11(14-8-15-16)7-13-10-5-3-2-4-9(10)6-12/h2-5,8,13H,7H2,1H3. The van der Waals surface area contributed by atoms with Gasteiger partial charge in [0.1, 0.15) is 18.2 Å². The Morgan fingerprint density at radius 3 is 2.94 bits per heavy atom. The van der Waals surface area contributed by atoms with Crippen LogP contribution in [0.4, 0.5) is 5.69 Å². The summed E-state index contributed by atoms with van der Waals surface area (Å²) in [5, 5.41) is 16.0. The molecule has 5 nitrogen and oxygen atoms in total. The van der Waals surface area contributed by atoms with Gasteiger partial charge in [0.25, 0.3) is 0 Å². The van der Waals surface area contributed by atoms with Crippen LogP contribution in [0, 0.1) is 11.3 Å². The van der Waals surface area contributed by atoms with Crippen LogP contribution in [0.5, 0.6) is 0 Å². The molecule has 0 aliphatic heterocycles. The van der Waals surface area contributed by atoms with E-state index in [0.29, 0.717) is 12.1 Å². The number of nitriles is 1. The van der Waals surface area contributed by atoms with E-state index in [9.17, 15) is 0 Å². The predicted molar refractivity (Wildman–Crippen MR) is 59.5 cm³/mol. The Morgan fingerprint density at radius 1 is 1.44 bits per heavy atom. The molecule has 0 saturated heterocycles. The molecule has 1 aromatic carbocycles. The van der Waals surface area contributed by atoms with Crippen molar-refractivity contribution in [1.29, 1.82) is 5.26 Å². The smallest absolute Gasteiger partial charge is 0.145 e. The third-order valence-corrected chi connectivity index (χ3v) is 2.29. The van der Waals surface area contributed by atoms with Crippen molar-refractivity contribution in [3.63, 3.8) is 0 Å². The molecule has 16 heavy (non-hydrogen) atoms. The fraction of sp³-hybridized carbons (Fsp3) is 0.182. The van der Waals surface area contributed by atoms with E-state index < -0.39 is 0 Å². The van der Waals surface area contributed by atoms with E-state index in [2.05, 4.69) is 21.5 Å². The van der Waals surface area contributed by atoms with Gasteiger partial charge in [0.05, 0.1) is 17.8 Å². The molecule has 1 N–H and O–H groups in total. The summed E-state index contributed by atoms with van der Waals surface area (Å²) in [4.78, 5) is 4.09. The number of aryl methyl sites for hydroxylation is 1. The fourth-order valence-electron chi connectivity index (χ4n) is 1.39. The number of nitrogens with one attached hydrogen (secondary N) is 1. The minimum absolute atomic E-state index is 0.551. The van der Waals surface area contributed by atoms with E-state index in [1.54, 1.807) is 10.7 Å². The third-order valence-electron chi connectivity index (χ3n) is 2.29. The lowest BCUT2D eigenvalue weighted by atomic mass is 10.2. The van der Waals surface area contributed by atoms with Gasteiger partial charge in [-0.3, -0.25) is 4.68 Å². The first kappa shape index (κ1) is 10.2. The van der Waals surface area contributed by atoms with Crippen molar-refractivity contribution >= 4 is 5.69 Å². The van der Waals surface area contributed by atoms with Gasteiger partial charge in [0.2, 0.25) is 0 Å². The maximum atomic E-state index is 8.91. The van der Waals surface area contributed by atoms with Crippen molar-refractivity contribution in [2.45, 2.75) is 6.54 Å². The van der Waals surface area contributed by atoms with E-state index in [1.165, 1.54) is 6.33 Å². The lowest BCUT2D eigenvalue weighted by molar-refractivity contribution is 0.712. The summed E-state index contributed by atoms with van der Waals surface area (Å²) >= 11 is 0. The van der Waals surface area contributed by atoms with E-state index >= 15 is 0 Å². The number of benzene rings is 1. The van der Waals surface area contributed by atoms with Crippen molar-refractivity contribution in [3.8, 4) is 6.07 Å². The molecule has 0 bridgehead atoms. The van der Waals surface area contributed by atoms with Crippen LogP contribution >= 0.6 is 0 Å². The van der Waals surface area contributed by atoms with Crippen LogP contribution < -0.4 is 5.32 Å². The summed E-state index contributed by atoms with van der Waals surface area (Å²) in [6.07, 6.45) is 1.51. The van der Waals surface area contributed by atoms with Crippen LogP contribution in [0.2, 0.25) is 0 Å². The van der Waals surface area contributed by atoms with Crippen LogP contribution in [-0.2, 0) is 13.6 Å². The number of anilines is 1. The first-order valence-corrected chi connectivity index (χ1v) is 4.87. The molecule has 1 heterocycles. The summed E-state index contributed by atoms with van der Waals surface area (Å²) in [6, 6.07) is 9.51. The molecular formula is C11H11N5. The molecule has 0 aliphatic rings. The van der Waals surface area contributed by atoms with Gasteiger partial charge in [0, 0.05) is 7.05 Å². The van der Waals surface area contributed by atoms with Crippen molar-refractivity contribution in [2.75, 3.05) is 5.32 Å². The molecular weight excluding hydrogens is 202 g/mol. The normalized spacial score (nSPS) is 9.75. The number of rotatable bonds is 3. The summed E-state index contributed by atoms with van der Waals surface area (Å²) in [7, 11) is 1.83. The summed E-state index contributed by atoms with van der Waals surface area (Å²) in [6.45, 7) is 0.551. The largest absolute Gasteiger partial charge is 0.377 e. The first-order chi connectivity index (χ1) is 7.81. The highest BCUT2D eigenvalue weighted by molar-refractivity contribution is 5.56. The SMILES string of the molecule is Cn1ncnc1CNc1ccccc1C#N. The highest BCUT2D eigenvalue weighted by Crippen LogP contribution is 2.13. The van der Waals surface area contributed by atoms with E-state index in [0.717, 1.165) is 11.5 Å². The Hall–Kier alpha value is -2.35. The Morgan fingerprint density at radius 2 is 2.25 bits per heavy atom. The van der Waals surface area contributed by atoms with Crippen molar-refractivity contribution in [3.05, 3.63) is 42.0 Å². The second-order valence-electron chi connectivity index (χ2n) is 3.31. The molecule has 80 valence electrons. The molecule has 0 aliphatic carbocycles. The van der Waals surface area contributed by atoms with Gasteiger partial charge in [-0.05, 0) is 12.1 Å². The van der Waals surface area contributed by atoms with E-state index in [4.69, 9.17) is 5.26 Å². The molecule has 0 radical (unpaired) electrons. The Kier molecular flexibility index (Phi) is 2.83. The second kappa shape index (κ2) is 4.45. The molecule has 1 aromatic heterocycles. The number of hydrogen-bond acceptors (Lipinski definition) is 4. The second-order valence-corrected chi connectivity index (χ2v) is 3.31. The van der Waals surface area contributed by atoms with Gasteiger partial charge in [-0.25, -0.2) is 4.98 Å². The molecule has 0 amide bonds. The van der Waals surface area contributed by atoms with Gasteiger partial charge in [-0.1, -0.05) is 12.1 Å². The summed E-state index contributed by atoms with van der Waals surface area (Å²) in [5.74, 6) is 0.827. The lowest BCUT2D eigenvalue weighted by Gasteiger charge is -2.06. The topological polar surface area (TPSA) is 66.5 Å². The fourth-order valence-corrected chi connectivity index (χ4v) is 1.39. The minimum atomic E-state index is 0.551. The molecule has 0 fully saturated rings. The predicted octanol–water partition coefficient (Wildman–Crippen LogP) is 1.30. The maximum Gasteiger partial charge on any atom is 0.145 e. The third kappa shape index (κ3) is 2.01. The Labute approximate surface area is 93.4 Å². The van der Waals surface area contributed by atoms with Crippen LogP contribution in [0.15, 0.2) is 30.6 Å². The van der Waals surface area contributed by atoms with E-state index in [1.807, 2.05) is 25.2 Å². The van der Waals surface area contributed by atoms with Crippen LogP contribution in [0.1, 0.15) is 11.4 Å². The van der Waals surface area contributed by atoms with Gasteiger partial charge >= 0.3 is 0 Å². The van der Waals surface area contributed by atoms with Gasteiger partial charge in [-0.2, -0.15) is 10.4 Å². The highest BCUT2D eigenvalue weighted by Gasteiger charge is 2.02. The number of hydrogen-bond donors (Lipinski definition) is 1. The first-order valence-electron chi connectivity index (χ1n) is 4.87. The molecule has 0 saturated carbocycles. The average molecular weight is 213 g/mol. The molecule has 5 heteroatoms. The van der Waals surface area contributed by atoms with Crippen LogP contribution in [-0.4, -0.2) is 14.8 Å². The van der Waals surface area contributed by atoms with Crippen molar-refractivity contribution in [2.24, 2.45) is 7.05 Å². The zero-order valence-corrected chi connectivity index (χ0v) is 8.88. The van der Waals surface area contributed by atoms with Crippen molar-refractivity contribution < 1.29 is 0 Å². The average Bonchev–Trinajstić information content (AvgIpc) is 2.72. The summed E-state index contributed by atoms with van der Waals surface area (Å²) < 4.78 is 1.70. The summed E-state index contributed by atoms with van der Waals surface area (Å²) in [5.41, 5.74) is 1.44. The Bertz CT molecular complexity index is 523. The maximum absolute atomic E-state index is 8.91. The molecule has 0 unspecified atom stereocenters. The molecule has 2 rings (SSSR count). The number of para-hydroxylation sites is 1. The van der Waals surface area contributed by atoms with Crippen LogP contribution in [0.25, 0.3) is 0 Å². The van der Waals surface area contributed by atoms with Crippen LogP contribution in [0.3, 0.4) is 0 Å². The van der Waals surface area contributed by atoms with E-state index in [-0.39, 0.29) is 0 Å². The highest BCUT2D eigenvalue weighted by atomic mass is 15.3.